The zero-order valence-corrected chi connectivity index (χ0v) is 19.9. The third-order valence-electron chi connectivity index (χ3n) is 5.57. The van der Waals surface area contributed by atoms with Crippen LogP contribution in [-0.2, 0) is 9.59 Å². The number of anilines is 1. The van der Waals surface area contributed by atoms with Gasteiger partial charge in [0.05, 0.1) is 18.2 Å². The maximum absolute atomic E-state index is 13.2. The highest BCUT2D eigenvalue weighted by atomic mass is 35.5. The SMILES string of the molecule is Cc1cc(/C(O)=C2/C(=O)C(=O)N(c3ccc(Cl)cc3)C2c2cccnc2)ccc1OCC(C)C. The number of hydrogen-bond acceptors (Lipinski definition) is 5. The van der Waals surface area contributed by atoms with E-state index in [1.165, 1.54) is 4.90 Å². The standard InChI is InChI=1S/C27H25ClN2O4/c1-16(2)15-34-22-11-6-18(13-17(22)3)25(31)23-24(19-5-4-12-29-14-19)30(27(33)26(23)32)21-9-7-20(28)8-10-21/h4-14,16,24,31H,15H2,1-3H3/b25-23-. The van der Waals surface area contributed by atoms with Gasteiger partial charge in [-0.3, -0.25) is 19.5 Å². The number of ether oxygens (including phenoxy) is 1. The van der Waals surface area contributed by atoms with Crippen molar-refractivity contribution in [2.75, 3.05) is 11.5 Å². The van der Waals surface area contributed by atoms with Crippen molar-refractivity contribution in [3.05, 3.63) is 94.3 Å². The Morgan fingerprint density at radius 2 is 1.88 bits per heavy atom. The van der Waals surface area contributed by atoms with Crippen LogP contribution in [0.4, 0.5) is 5.69 Å². The van der Waals surface area contributed by atoms with Gasteiger partial charge in [0.1, 0.15) is 11.5 Å². The van der Waals surface area contributed by atoms with Gasteiger partial charge < -0.3 is 9.84 Å². The van der Waals surface area contributed by atoms with Crippen molar-refractivity contribution in [2.45, 2.75) is 26.8 Å². The van der Waals surface area contributed by atoms with E-state index in [2.05, 4.69) is 18.8 Å². The second-order valence-electron chi connectivity index (χ2n) is 8.62. The monoisotopic (exact) mass is 476 g/mol. The molecule has 0 radical (unpaired) electrons. The van der Waals surface area contributed by atoms with Crippen molar-refractivity contribution >= 4 is 34.7 Å². The van der Waals surface area contributed by atoms with Gasteiger partial charge in [0, 0.05) is 28.7 Å². The summed E-state index contributed by atoms with van der Waals surface area (Å²) in [5.74, 6) is -0.668. The Morgan fingerprint density at radius 1 is 1.15 bits per heavy atom. The van der Waals surface area contributed by atoms with Crippen LogP contribution in [0.25, 0.3) is 5.76 Å². The lowest BCUT2D eigenvalue weighted by Crippen LogP contribution is -2.29. The van der Waals surface area contributed by atoms with E-state index >= 15 is 0 Å². The van der Waals surface area contributed by atoms with Crippen molar-refractivity contribution in [3.63, 3.8) is 0 Å². The molecule has 1 N–H and O–H groups in total. The number of halogens is 1. The maximum atomic E-state index is 13.2. The maximum Gasteiger partial charge on any atom is 0.300 e. The van der Waals surface area contributed by atoms with Crippen molar-refractivity contribution in [3.8, 4) is 5.75 Å². The first kappa shape index (κ1) is 23.5. The highest BCUT2D eigenvalue weighted by Crippen LogP contribution is 2.42. The number of benzene rings is 2. The second-order valence-corrected chi connectivity index (χ2v) is 9.05. The fourth-order valence-electron chi connectivity index (χ4n) is 3.92. The summed E-state index contributed by atoms with van der Waals surface area (Å²) in [6.45, 7) is 6.57. The lowest BCUT2D eigenvalue weighted by molar-refractivity contribution is -0.132. The van der Waals surface area contributed by atoms with Gasteiger partial charge in [-0.25, -0.2) is 0 Å². The molecule has 4 rings (SSSR count). The molecule has 1 aliphatic heterocycles. The quantitative estimate of drug-likeness (QED) is 0.280. The molecule has 174 valence electrons. The number of aromatic nitrogens is 1. The number of rotatable bonds is 6. The average Bonchev–Trinajstić information content (AvgIpc) is 3.09. The summed E-state index contributed by atoms with van der Waals surface area (Å²) in [6.07, 6.45) is 3.19. The third kappa shape index (κ3) is 4.54. The highest BCUT2D eigenvalue weighted by Gasteiger charge is 2.47. The zero-order chi connectivity index (χ0) is 24.4. The normalized spacial score (nSPS) is 17.4. The number of pyridine rings is 1. The summed E-state index contributed by atoms with van der Waals surface area (Å²) in [5.41, 5.74) is 2.34. The number of aliphatic hydroxyl groups excluding tert-OH is 1. The summed E-state index contributed by atoms with van der Waals surface area (Å²) in [5, 5.41) is 11.8. The summed E-state index contributed by atoms with van der Waals surface area (Å²) in [7, 11) is 0. The first-order valence-corrected chi connectivity index (χ1v) is 11.4. The molecule has 6 nitrogen and oxygen atoms in total. The minimum Gasteiger partial charge on any atom is -0.507 e. The van der Waals surface area contributed by atoms with Crippen LogP contribution in [0, 0.1) is 12.8 Å². The molecule has 0 aliphatic carbocycles. The van der Waals surface area contributed by atoms with E-state index in [0.29, 0.717) is 40.1 Å². The van der Waals surface area contributed by atoms with Gasteiger partial charge in [0.25, 0.3) is 11.7 Å². The molecule has 7 heteroatoms. The van der Waals surface area contributed by atoms with Gasteiger partial charge in [-0.05, 0) is 72.5 Å². The third-order valence-corrected chi connectivity index (χ3v) is 5.82. The topological polar surface area (TPSA) is 79.7 Å². The zero-order valence-electron chi connectivity index (χ0n) is 19.2. The van der Waals surface area contributed by atoms with E-state index in [-0.39, 0.29) is 11.3 Å². The molecule has 1 unspecified atom stereocenters. The minimum absolute atomic E-state index is 0.00296. The van der Waals surface area contributed by atoms with E-state index in [1.807, 2.05) is 6.92 Å². The molecule has 1 aliphatic rings. The Bertz CT molecular complexity index is 1250. The lowest BCUT2D eigenvalue weighted by Gasteiger charge is -2.25. The Hall–Kier alpha value is -3.64. The van der Waals surface area contributed by atoms with Gasteiger partial charge in [0.15, 0.2) is 0 Å². The molecule has 0 saturated carbocycles. The van der Waals surface area contributed by atoms with Crippen LogP contribution in [0.2, 0.25) is 5.02 Å². The number of aliphatic hydroxyl groups is 1. The molecule has 2 heterocycles. The number of hydrogen-bond donors (Lipinski definition) is 1. The number of carbonyl (C=O) groups is 2. The molecule has 0 bridgehead atoms. The van der Waals surface area contributed by atoms with Crippen LogP contribution in [0.1, 0.15) is 36.6 Å². The van der Waals surface area contributed by atoms with Crippen molar-refractivity contribution in [1.29, 1.82) is 0 Å². The van der Waals surface area contributed by atoms with Crippen molar-refractivity contribution < 1.29 is 19.4 Å². The molecule has 34 heavy (non-hydrogen) atoms. The number of carbonyl (C=O) groups excluding carboxylic acids is 2. The Morgan fingerprint density at radius 3 is 2.50 bits per heavy atom. The number of nitrogens with zero attached hydrogens (tertiary/aromatic N) is 2. The Kier molecular flexibility index (Phi) is 6.70. The van der Waals surface area contributed by atoms with Crippen molar-refractivity contribution in [1.82, 2.24) is 4.98 Å². The van der Waals surface area contributed by atoms with E-state index in [4.69, 9.17) is 16.3 Å². The summed E-state index contributed by atoms with van der Waals surface area (Å²) < 4.78 is 5.83. The van der Waals surface area contributed by atoms with Gasteiger partial charge >= 0.3 is 0 Å². The van der Waals surface area contributed by atoms with E-state index in [1.54, 1.807) is 67.0 Å². The predicted octanol–water partition coefficient (Wildman–Crippen LogP) is 5.70. The lowest BCUT2D eigenvalue weighted by atomic mass is 9.95. The van der Waals surface area contributed by atoms with Crippen LogP contribution in [-0.4, -0.2) is 28.4 Å². The van der Waals surface area contributed by atoms with Gasteiger partial charge in [0.2, 0.25) is 0 Å². The fraction of sp³-hybridized carbons (Fsp3) is 0.222. The molecule has 1 atom stereocenters. The fourth-order valence-corrected chi connectivity index (χ4v) is 4.05. The molecule has 3 aromatic rings. The Balaban J connectivity index is 1.83. The number of amides is 1. The smallest absolute Gasteiger partial charge is 0.300 e. The Labute approximate surface area is 203 Å². The van der Waals surface area contributed by atoms with Crippen LogP contribution in [0.15, 0.2) is 72.6 Å². The van der Waals surface area contributed by atoms with E-state index in [0.717, 1.165) is 5.56 Å². The van der Waals surface area contributed by atoms with Gasteiger partial charge in [-0.1, -0.05) is 31.5 Å². The van der Waals surface area contributed by atoms with E-state index in [9.17, 15) is 14.7 Å². The predicted molar refractivity (Wildman–Crippen MR) is 132 cm³/mol. The number of aryl methyl sites for hydroxylation is 1. The van der Waals surface area contributed by atoms with Crippen LogP contribution >= 0.6 is 11.6 Å². The molecular weight excluding hydrogens is 452 g/mol. The summed E-state index contributed by atoms with van der Waals surface area (Å²) in [6, 6.07) is 14.5. The minimum atomic E-state index is -0.841. The number of ketones is 1. The molecule has 1 amide bonds. The molecule has 1 aromatic heterocycles. The molecule has 2 aromatic carbocycles. The summed E-state index contributed by atoms with van der Waals surface area (Å²) in [4.78, 5) is 31.9. The molecule has 1 saturated heterocycles. The van der Waals surface area contributed by atoms with E-state index < -0.39 is 17.7 Å². The summed E-state index contributed by atoms with van der Waals surface area (Å²) >= 11 is 6.02. The molecule has 1 fully saturated rings. The highest BCUT2D eigenvalue weighted by molar-refractivity contribution is 6.51. The average molecular weight is 477 g/mol. The largest absolute Gasteiger partial charge is 0.507 e. The van der Waals surface area contributed by atoms with Crippen LogP contribution in [0.3, 0.4) is 0 Å². The van der Waals surface area contributed by atoms with Crippen LogP contribution in [0.5, 0.6) is 5.75 Å². The molecular formula is C27H25ClN2O4. The molecule has 0 spiro atoms. The second kappa shape index (κ2) is 9.69. The first-order valence-electron chi connectivity index (χ1n) is 11.0. The van der Waals surface area contributed by atoms with Crippen molar-refractivity contribution in [2.24, 2.45) is 5.92 Å². The van der Waals surface area contributed by atoms with Gasteiger partial charge in [-0.2, -0.15) is 0 Å². The van der Waals surface area contributed by atoms with Gasteiger partial charge in [-0.15, -0.1) is 0 Å². The van der Waals surface area contributed by atoms with Crippen LogP contribution < -0.4 is 9.64 Å². The first-order chi connectivity index (χ1) is 16.3. The number of Topliss-reactive ketones (excluding diaryl/α,β-unsaturated/α-hetero) is 1.